The summed E-state index contributed by atoms with van der Waals surface area (Å²) in [5.41, 5.74) is 0.703. The summed E-state index contributed by atoms with van der Waals surface area (Å²) in [4.78, 5) is 11.9. The summed E-state index contributed by atoms with van der Waals surface area (Å²) in [5.74, 6) is -1.04. The fourth-order valence-electron chi connectivity index (χ4n) is 2.91. The van der Waals surface area contributed by atoms with Crippen LogP contribution in [-0.2, 0) is 16.6 Å². The maximum absolute atomic E-state index is 13.5. The van der Waals surface area contributed by atoms with Gasteiger partial charge < -0.3 is 5.32 Å². The van der Waals surface area contributed by atoms with Crippen LogP contribution in [0.5, 0.6) is 0 Å². The van der Waals surface area contributed by atoms with Crippen molar-refractivity contribution < 1.29 is 26.4 Å². The fourth-order valence-corrected chi connectivity index (χ4v) is 4.72. The number of halogens is 4. The van der Waals surface area contributed by atoms with Crippen LogP contribution in [0, 0.1) is 0 Å². The van der Waals surface area contributed by atoms with Crippen molar-refractivity contribution in [1.82, 2.24) is 5.32 Å². The van der Waals surface area contributed by atoms with Crippen LogP contribution in [0.15, 0.2) is 83.8 Å². The molecule has 0 radical (unpaired) electrons. The molecule has 5 nitrogen and oxygen atoms in total. The van der Waals surface area contributed by atoms with Gasteiger partial charge in [-0.3, -0.25) is 9.10 Å². The number of amides is 1. The van der Waals surface area contributed by atoms with E-state index in [1.807, 2.05) is 0 Å². The predicted molar refractivity (Wildman–Crippen MR) is 116 cm³/mol. The number of nitrogens with one attached hydrogen (secondary N) is 1. The Kier molecular flexibility index (Phi) is 7.10. The van der Waals surface area contributed by atoms with Crippen LogP contribution in [0.2, 0.25) is 5.02 Å². The van der Waals surface area contributed by atoms with Crippen molar-refractivity contribution in [1.29, 1.82) is 0 Å². The Bertz CT molecular complexity index is 1200. The summed E-state index contributed by atoms with van der Waals surface area (Å²) in [7, 11) is -4.23. The van der Waals surface area contributed by atoms with E-state index in [-0.39, 0.29) is 27.7 Å². The first kappa shape index (κ1) is 23.6. The van der Waals surface area contributed by atoms with Crippen molar-refractivity contribution in [2.75, 3.05) is 10.8 Å². The lowest BCUT2D eigenvalue weighted by Gasteiger charge is -2.26. The highest BCUT2D eigenvalue weighted by molar-refractivity contribution is 7.92. The molecule has 10 heteroatoms. The Morgan fingerprint density at radius 1 is 0.938 bits per heavy atom. The Morgan fingerprint density at radius 3 is 2.25 bits per heavy atom. The number of nitrogens with zero attached hydrogens (tertiary/aromatic N) is 1. The fraction of sp³-hybridized carbons (Fsp3) is 0.136. The molecule has 0 atom stereocenters. The molecule has 168 valence electrons. The van der Waals surface area contributed by atoms with Gasteiger partial charge in [0.2, 0.25) is 0 Å². The largest absolute Gasteiger partial charge is 0.405 e. The molecule has 0 aromatic heterocycles. The van der Waals surface area contributed by atoms with Gasteiger partial charge in [-0.1, -0.05) is 60.1 Å². The molecule has 0 aliphatic carbocycles. The van der Waals surface area contributed by atoms with E-state index in [4.69, 9.17) is 11.6 Å². The highest BCUT2D eigenvalue weighted by Gasteiger charge is 2.29. The van der Waals surface area contributed by atoms with E-state index in [1.54, 1.807) is 59.9 Å². The van der Waals surface area contributed by atoms with Gasteiger partial charge in [-0.15, -0.1) is 0 Å². The number of carbonyl (C=O) groups is 1. The van der Waals surface area contributed by atoms with Gasteiger partial charge in [0.05, 0.1) is 22.2 Å². The van der Waals surface area contributed by atoms with Gasteiger partial charge in [0.1, 0.15) is 6.54 Å². The van der Waals surface area contributed by atoms with Crippen molar-refractivity contribution in [2.45, 2.75) is 17.6 Å². The molecular weight excluding hydrogens is 465 g/mol. The number of para-hydroxylation sites is 1. The Balaban J connectivity index is 2.00. The Labute approximate surface area is 188 Å². The van der Waals surface area contributed by atoms with E-state index in [0.29, 0.717) is 5.56 Å². The number of hydrogen-bond donors (Lipinski definition) is 1. The minimum absolute atomic E-state index is 0.0442. The molecular formula is C22H18ClF3N2O3S. The minimum Gasteiger partial charge on any atom is -0.343 e. The number of benzene rings is 3. The second kappa shape index (κ2) is 9.62. The quantitative estimate of drug-likeness (QED) is 0.514. The molecule has 0 heterocycles. The molecule has 32 heavy (non-hydrogen) atoms. The first-order chi connectivity index (χ1) is 15.1. The van der Waals surface area contributed by atoms with Gasteiger partial charge in [0, 0.05) is 5.56 Å². The molecule has 0 fully saturated rings. The number of carbonyl (C=O) groups excluding carboxylic acids is 1. The summed E-state index contributed by atoms with van der Waals surface area (Å²) in [6.07, 6.45) is -4.59. The maximum Gasteiger partial charge on any atom is 0.405 e. The normalized spacial score (nSPS) is 11.8. The van der Waals surface area contributed by atoms with E-state index < -0.39 is 28.7 Å². The second-order valence-electron chi connectivity index (χ2n) is 6.77. The average molecular weight is 483 g/mol. The molecule has 0 aliphatic rings. The predicted octanol–water partition coefficient (Wildman–Crippen LogP) is 5.03. The van der Waals surface area contributed by atoms with Crippen molar-refractivity contribution in [3.05, 3.63) is 95.0 Å². The molecule has 0 saturated heterocycles. The van der Waals surface area contributed by atoms with Crippen LogP contribution < -0.4 is 9.62 Å². The lowest BCUT2D eigenvalue weighted by atomic mass is 10.2. The third kappa shape index (κ3) is 5.80. The number of anilines is 1. The van der Waals surface area contributed by atoms with Crippen LogP contribution in [0.1, 0.15) is 15.9 Å². The van der Waals surface area contributed by atoms with Crippen LogP contribution in [0.4, 0.5) is 18.9 Å². The minimum atomic E-state index is -4.59. The van der Waals surface area contributed by atoms with Gasteiger partial charge in [-0.05, 0) is 35.9 Å². The molecule has 1 N–H and O–H groups in total. The van der Waals surface area contributed by atoms with Gasteiger partial charge >= 0.3 is 6.18 Å². The molecule has 0 saturated carbocycles. The van der Waals surface area contributed by atoms with E-state index in [2.05, 4.69) is 0 Å². The number of hydrogen-bond acceptors (Lipinski definition) is 3. The van der Waals surface area contributed by atoms with Crippen molar-refractivity contribution in [2.24, 2.45) is 0 Å². The third-order valence-electron chi connectivity index (χ3n) is 4.42. The second-order valence-corrected chi connectivity index (χ2v) is 9.04. The smallest absolute Gasteiger partial charge is 0.343 e. The SMILES string of the molecule is O=C(NCC(F)(F)F)c1cccc(S(=O)(=O)N(Cc2ccccc2)c2ccccc2Cl)c1. The van der Waals surface area contributed by atoms with Gasteiger partial charge in [-0.25, -0.2) is 8.42 Å². The summed E-state index contributed by atoms with van der Waals surface area (Å²) in [5, 5.41) is 1.93. The van der Waals surface area contributed by atoms with Gasteiger partial charge in [0.15, 0.2) is 0 Å². The lowest BCUT2D eigenvalue weighted by molar-refractivity contribution is -0.123. The zero-order chi connectivity index (χ0) is 23.4. The van der Waals surface area contributed by atoms with Gasteiger partial charge in [0.25, 0.3) is 15.9 Å². The summed E-state index contributed by atoms with van der Waals surface area (Å²) >= 11 is 6.27. The standard InChI is InChI=1S/C22H18ClF3N2O3S/c23-19-11-4-5-12-20(19)28(14-16-7-2-1-3-8-16)32(30,31)18-10-6-9-17(13-18)21(29)27-15-22(24,25)26/h1-13H,14-15H2,(H,27,29). The first-order valence-corrected chi connectivity index (χ1v) is 11.2. The topological polar surface area (TPSA) is 66.5 Å². The molecule has 1 amide bonds. The van der Waals surface area contributed by atoms with Crippen LogP contribution in [-0.4, -0.2) is 27.0 Å². The number of rotatable bonds is 7. The summed E-state index contributed by atoms with van der Waals surface area (Å²) in [6, 6.07) is 20.0. The molecule has 0 unspecified atom stereocenters. The van der Waals surface area contributed by atoms with E-state index >= 15 is 0 Å². The van der Waals surface area contributed by atoms with Gasteiger partial charge in [-0.2, -0.15) is 13.2 Å². The molecule has 0 aliphatic heterocycles. The van der Waals surface area contributed by atoms with E-state index in [9.17, 15) is 26.4 Å². The van der Waals surface area contributed by atoms with Crippen molar-refractivity contribution in [3.8, 4) is 0 Å². The highest BCUT2D eigenvalue weighted by Crippen LogP contribution is 2.32. The van der Waals surface area contributed by atoms with Crippen LogP contribution in [0.25, 0.3) is 0 Å². The van der Waals surface area contributed by atoms with Crippen LogP contribution >= 0.6 is 11.6 Å². The molecule has 3 aromatic carbocycles. The Hall–Kier alpha value is -3.04. The van der Waals surface area contributed by atoms with E-state index in [1.165, 1.54) is 18.2 Å². The lowest BCUT2D eigenvalue weighted by Crippen LogP contribution is -2.34. The van der Waals surface area contributed by atoms with E-state index in [0.717, 1.165) is 10.4 Å². The van der Waals surface area contributed by atoms with Crippen molar-refractivity contribution in [3.63, 3.8) is 0 Å². The van der Waals surface area contributed by atoms with Crippen molar-refractivity contribution >= 4 is 33.2 Å². The Morgan fingerprint density at radius 2 is 1.59 bits per heavy atom. The number of alkyl halides is 3. The summed E-state index contributed by atoms with van der Waals surface area (Å²) in [6.45, 7) is -1.57. The molecule has 0 bridgehead atoms. The summed E-state index contributed by atoms with van der Waals surface area (Å²) < 4.78 is 65.4. The zero-order valence-electron chi connectivity index (χ0n) is 16.5. The average Bonchev–Trinajstić information content (AvgIpc) is 2.76. The molecule has 3 aromatic rings. The van der Waals surface area contributed by atoms with Crippen LogP contribution in [0.3, 0.4) is 0 Å². The molecule has 3 rings (SSSR count). The number of sulfonamides is 1. The molecule has 0 spiro atoms. The first-order valence-electron chi connectivity index (χ1n) is 9.34. The monoisotopic (exact) mass is 482 g/mol. The third-order valence-corrected chi connectivity index (χ3v) is 6.50. The highest BCUT2D eigenvalue weighted by atomic mass is 35.5. The maximum atomic E-state index is 13.5. The zero-order valence-corrected chi connectivity index (χ0v) is 18.1.